The number of piperidine rings is 1. The number of halogens is 1. The maximum Gasteiger partial charge on any atom is 0.223 e. The lowest BCUT2D eigenvalue weighted by atomic mass is 9.98. The SMILES string of the molecule is COc1ccc(Br)cc1CCC(=O)N1CC[C@H](N)C[C@@H]1C. The summed E-state index contributed by atoms with van der Waals surface area (Å²) in [7, 11) is 1.66. The summed E-state index contributed by atoms with van der Waals surface area (Å²) in [5, 5.41) is 0. The van der Waals surface area contributed by atoms with Gasteiger partial charge in [-0.1, -0.05) is 15.9 Å². The van der Waals surface area contributed by atoms with Gasteiger partial charge in [-0.3, -0.25) is 4.79 Å². The third kappa shape index (κ3) is 4.20. The van der Waals surface area contributed by atoms with Crippen LogP contribution in [-0.2, 0) is 11.2 Å². The van der Waals surface area contributed by atoms with Crippen LogP contribution in [0.1, 0.15) is 31.7 Å². The lowest BCUT2D eigenvalue weighted by Crippen LogP contribution is -2.48. The van der Waals surface area contributed by atoms with E-state index in [2.05, 4.69) is 22.9 Å². The Labute approximate surface area is 134 Å². The van der Waals surface area contributed by atoms with Gasteiger partial charge in [0.1, 0.15) is 5.75 Å². The number of hydrogen-bond acceptors (Lipinski definition) is 3. The highest BCUT2D eigenvalue weighted by molar-refractivity contribution is 9.10. The number of hydrogen-bond donors (Lipinski definition) is 1. The molecule has 1 aliphatic rings. The number of nitrogens with two attached hydrogens (primary N) is 1. The average molecular weight is 355 g/mol. The van der Waals surface area contributed by atoms with Crippen molar-refractivity contribution in [1.29, 1.82) is 0 Å². The van der Waals surface area contributed by atoms with Crippen LogP contribution in [0, 0.1) is 0 Å². The third-order valence-electron chi connectivity index (χ3n) is 4.09. The Morgan fingerprint density at radius 1 is 1.52 bits per heavy atom. The first-order valence-corrected chi connectivity index (χ1v) is 8.18. The first kappa shape index (κ1) is 16.3. The average Bonchev–Trinajstić information content (AvgIpc) is 2.45. The molecular formula is C16H23BrN2O2. The minimum Gasteiger partial charge on any atom is -0.496 e. The van der Waals surface area contributed by atoms with E-state index in [4.69, 9.17) is 10.5 Å². The number of carbonyl (C=O) groups is 1. The van der Waals surface area contributed by atoms with E-state index in [1.165, 1.54) is 0 Å². The molecule has 0 radical (unpaired) electrons. The summed E-state index contributed by atoms with van der Waals surface area (Å²) < 4.78 is 6.35. The molecule has 1 heterocycles. The highest BCUT2D eigenvalue weighted by Gasteiger charge is 2.26. The van der Waals surface area contributed by atoms with Crippen LogP contribution in [0.4, 0.5) is 0 Å². The summed E-state index contributed by atoms with van der Waals surface area (Å²) in [4.78, 5) is 14.4. The number of aryl methyl sites for hydroxylation is 1. The van der Waals surface area contributed by atoms with Gasteiger partial charge in [0.25, 0.3) is 0 Å². The van der Waals surface area contributed by atoms with Gasteiger partial charge in [-0.2, -0.15) is 0 Å². The molecule has 0 unspecified atom stereocenters. The van der Waals surface area contributed by atoms with Crippen molar-refractivity contribution in [3.05, 3.63) is 28.2 Å². The van der Waals surface area contributed by atoms with Crippen molar-refractivity contribution in [3.63, 3.8) is 0 Å². The molecule has 2 atom stereocenters. The van der Waals surface area contributed by atoms with E-state index in [-0.39, 0.29) is 18.0 Å². The summed E-state index contributed by atoms with van der Waals surface area (Å²) in [6, 6.07) is 6.35. The molecule has 2 rings (SSSR count). The first-order chi connectivity index (χ1) is 10.0. The lowest BCUT2D eigenvalue weighted by Gasteiger charge is -2.36. The maximum atomic E-state index is 12.4. The third-order valence-corrected chi connectivity index (χ3v) is 4.58. The minimum atomic E-state index is 0.205. The summed E-state index contributed by atoms with van der Waals surface area (Å²) in [5.41, 5.74) is 7.00. The highest BCUT2D eigenvalue weighted by atomic mass is 79.9. The summed E-state index contributed by atoms with van der Waals surface area (Å²) in [6.45, 7) is 2.85. The molecule has 1 fully saturated rings. The summed E-state index contributed by atoms with van der Waals surface area (Å²) in [5.74, 6) is 1.04. The fourth-order valence-electron chi connectivity index (χ4n) is 2.91. The van der Waals surface area contributed by atoms with Crippen LogP contribution in [0.2, 0.25) is 0 Å². The van der Waals surface area contributed by atoms with Gasteiger partial charge < -0.3 is 15.4 Å². The molecule has 0 spiro atoms. The van der Waals surface area contributed by atoms with E-state index < -0.39 is 0 Å². The van der Waals surface area contributed by atoms with Crippen molar-refractivity contribution in [1.82, 2.24) is 4.90 Å². The van der Waals surface area contributed by atoms with Gasteiger partial charge in [-0.25, -0.2) is 0 Å². The van der Waals surface area contributed by atoms with Crippen LogP contribution in [-0.4, -0.2) is 36.5 Å². The zero-order valence-electron chi connectivity index (χ0n) is 12.6. The second kappa shape index (κ2) is 7.27. The van der Waals surface area contributed by atoms with Crippen molar-refractivity contribution in [2.45, 2.75) is 44.7 Å². The summed E-state index contributed by atoms with van der Waals surface area (Å²) >= 11 is 3.46. The molecule has 21 heavy (non-hydrogen) atoms. The number of methoxy groups -OCH3 is 1. The molecular weight excluding hydrogens is 332 g/mol. The number of rotatable bonds is 4. The van der Waals surface area contributed by atoms with Gasteiger partial charge in [0.15, 0.2) is 0 Å². The van der Waals surface area contributed by atoms with Gasteiger partial charge in [-0.15, -0.1) is 0 Å². The minimum absolute atomic E-state index is 0.205. The monoisotopic (exact) mass is 354 g/mol. The normalized spacial score (nSPS) is 22.2. The molecule has 116 valence electrons. The molecule has 1 saturated heterocycles. The predicted octanol–water partition coefficient (Wildman–Crippen LogP) is 2.73. The smallest absolute Gasteiger partial charge is 0.223 e. The zero-order chi connectivity index (χ0) is 15.4. The van der Waals surface area contributed by atoms with E-state index in [9.17, 15) is 4.79 Å². The number of carbonyl (C=O) groups excluding carboxylic acids is 1. The van der Waals surface area contributed by atoms with Crippen LogP contribution in [0.3, 0.4) is 0 Å². The van der Waals surface area contributed by atoms with Gasteiger partial charge in [-0.05, 0) is 49.9 Å². The molecule has 1 aromatic carbocycles. The molecule has 1 aromatic rings. The quantitative estimate of drug-likeness (QED) is 0.904. The van der Waals surface area contributed by atoms with Crippen LogP contribution < -0.4 is 10.5 Å². The van der Waals surface area contributed by atoms with Crippen molar-refractivity contribution < 1.29 is 9.53 Å². The number of amides is 1. The van der Waals surface area contributed by atoms with E-state index >= 15 is 0 Å². The Hall–Kier alpha value is -1.07. The molecule has 2 N–H and O–H groups in total. The highest BCUT2D eigenvalue weighted by Crippen LogP contribution is 2.25. The largest absolute Gasteiger partial charge is 0.496 e. The van der Waals surface area contributed by atoms with Crippen molar-refractivity contribution in [2.75, 3.05) is 13.7 Å². The Morgan fingerprint density at radius 3 is 2.95 bits per heavy atom. The fourth-order valence-corrected chi connectivity index (χ4v) is 3.32. The number of likely N-dealkylation sites (tertiary alicyclic amines) is 1. The van der Waals surface area contributed by atoms with E-state index in [1.807, 2.05) is 23.1 Å². The van der Waals surface area contributed by atoms with Crippen LogP contribution in [0.5, 0.6) is 5.75 Å². The standard InChI is InChI=1S/C16H23BrN2O2/c1-11-9-14(18)7-8-19(11)16(20)6-3-12-10-13(17)4-5-15(12)21-2/h4-5,10-11,14H,3,6-9,18H2,1-2H3/t11-,14-/m0/s1. The van der Waals surface area contributed by atoms with Gasteiger partial charge in [0.05, 0.1) is 7.11 Å². The van der Waals surface area contributed by atoms with Crippen LogP contribution >= 0.6 is 15.9 Å². The van der Waals surface area contributed by atoms with Crippen molar-refractivity contribution >= 4 is 21.8 Å². The van der Waals surface area contributed by atoms with E-state index in [0.717, 1.165) is 35.2 Å². The second-order valence-corrected chi connectivity index (χ2v) is 6.59. The van der Waals surface area contributed by atoms with Crippen molar-refractivity contribution in [3.8, 4) is 5.75 Å². The second-order valence-electron chi connectivity index (χ2n) is 5.68. The number of benzene rings is 1. The molecule has 0 bridgehead atoms. The van der Waals surface area contributed by atoms with E-state index in [1.54, 1.807) is 7.11 Å². The molecule has 1 amide bonds. The Morgan fingerprint density at radius 2 is 2.29 bits per heavy atom. The van der Waals surface area contributed by atoms with Crippen LogP contribution in [0.15, 0.2) is 22.7 Å². The fraction of sp³-hybridized carbons (Fsp3) is 0.562. The maximum absolute atomic E-state index is 12.4. The number of ether oxygens (including phenoxy) is 1. The Kier molecular flexibility index (Phi) is 5.65. The molecule has 4 nitrogen and oxygen atoms in total. The van der Waals surface area contributed by atoms with E-state index in [0.29, 0.717) is 12.8 Å². The Balaban J connectivity index is 1.96. The summed E-state index contributed by atoms with van der Waals surface area (Å²) in [6.07, 6.45) is 2.99. The van der Waals surface area contributed by atoms with Gasteiger partial charge in [0, 0.05) is 29.5 Å². The zero-order valence-corrected chi connectivity index (χ0v) is 14.2. The molecule has 0 aromatic heterocycles. The van der Waals surface area contributed by atoms with Crippen LogP contribution in [0.25, 0.3) is 0 Å². The van der Waals surface area contributed by atoms with Crippen molar-refractivity contribution in [2.24, 2.45) is 5.73 Å². The molecule has 0 aliphatic carbocycles. The van der Waals surface area contributed by atoms with Gasteiger partial charge >= 0.3 is 0 Å². The topological polar surface area (TPSA) is 55.6 Å². The molecule has 0 saturated carbocycles. The van der Waals surface area contributed by atoms with Gasteiger partial charge in [0.2, 0.25) is 5.91 Å². The lowest BCUT2D eigenvalue weighted by molar-refractivity contribution is -0.134. The Bertz CT molecular complexity index is 507. The molecule has 1 aliphatic heterocycles. The first-order valence-electron chi connectivity index (χ1n) is 7.38. The predicted molar refractivity (Wildman–Crippen MR) is 87.4 cm³/mol. The molecule has 5 heteroatoms. The number of nitrogens with zero attached hydrogens (tertiary/aromatic N) is 1.